The number of carbonyl (C=O) groups excluding carboxylic acids is 2. The second kappa shape index (κ2) is 8.11. The number of nitrogens with zero attached hydrogens (tertiary/aromatic N) is 1. The van der Waals surface area contributed by atoms with Gasteiger partial charge in [-0.05, 0) is 31.3 Å². The number of rotatable bonds is 7. The van der Waals surface area contributed by atoms with Crippen LogP contribution in [-0.2, 0) is 14.4 Å². The zero-order chi connectivity index (χ0) is 15.1. The zero-order valence-electron chi connectivity index (χ0n) is 11.5. The first-order valence-electron chi connectivity index (χ1n) is 6.52. The van der Waals surface area contributed by atoms with Crippen LogP contribution in [0.1, 0.15) is 19.3 Å². The average Bonchev–Trinajstić information content (AvgIpc) is 2.90. The first kappa shape index (κ1) is 16.8. The minimum absolute atomic E-state index is 0.230. The van der Waals surface area contributed by atoms with E-state index in [-0.39, 0.29) is 5.91 Å². The lowest BCUT2D eigenvalue weighted by Gasteiger charge is -2.26. The number of hydrogen-bond acceptors (Lipinski definition) is 5. The van der Waals surface area contributed by atoms with Crippen molar-refractivity contribution in [2.45, 2.75) is 31.3 Å². The maximum absolute atomic E-state index is 12.2. The van der Waals surface area contributed by atoms with Crippen molar-refractivity contribution in [1.82, 2.24) is 10.2 Å². The van der Waals surface area contributed by atoms with Crippen molar-refractivity contribution < 1.29 is 19.5 Å². The number of amides is 2. The monoisotopic (exact) mass is 303 g/mol. The maximum Gasteiger partial charge on any atom is 0.322 e. The molecule has 20 heavy (non-hydrogen) atoms. The van der Waals surface area contributed by atoms with Crippen molar-refractivity contribution in [2.24, 2.45) is 5.73 Å². The van der Waals surface area contributed by atoms with Crippen LogP contribution in [0.5, 0.6) is 0 Å². The summed E-state index contributed by atoms with van der Waals surface area (Å²) in [6.07, 6.45) is 3.79. The van der Waals surface area contributed by atoms with Crippen LogP contribution in [0.15, 0.2) is 0 Å². The highest BCUT2D eigenvalue weighted by molar-refractivity contribution is 7.98. The van der Waals surface area contributed by atoms with Crippen molar-refractivity contribution in [3.8, 4) is 0 Å². The lowest BCUT2D eigenvalue weighted by atomic mass is 10.1. The van der Waals surface area contributed by atoms with Gasteiger partial charge in [-0.3, -0.25) is 14.4 Å². The quantitative estimate of drug-likeness (QED) is 0.571. The fraction of sp³-hybridized carbons (Fsp3) is 0.750. The second-order valence-corrected chi connectivity index (χ2v) is 5.67. The molecule has 0 radical (unpaired) electrons. The summed E-state index contributed by atoms with van der Waals surface area (Å²) < 4.78 is 0. The Labute approximate surface area is 122 Å². The third kappa shape index (κ3) is 4.68. The molecule has 1 aliphatic rings. The summed E-state index contributed by atoms with van der Waals surface area (Å²) in [5, 5.41) is 10.9. The van der Waals surface area contributed by atoms with Crippen LogP contribution in [0.25, 0.3) is 0 Å². The van der Waals surface area contributed by atoms with Crippen molar-refractivity contribution >= 4 is 29.5 Å². The Kier molecular flexibility index (Phi) is 6.80. The van der Waals surface area contributed by atoms with Crippen LogP contribution in [0.3, 0.4) is 0 Å². The van der Waals surface area contributed by atoms with E-state index in [1.807, 2.05) is 6.26 Å². The first-order chi connectivity index (χ1) is 9.47. The number of carboxylic acid groups (broad SMARTS) is 1. The Bertz CT molecular complexity index is 378. The van der Waals surface area contributed by atoms with Crippen LogP contribution in [-0.4, -0.2) is 65.0 Å². The summed E-state index contributed by atoms with van der Waals surface area (Å²) in [6.45, 7) is 0.0624. The standard InChI is InChI=1S/C12H21N3O4S/c1-20-6-4-8(13)12(19)15-5-2-3-9(15)11(18)14-7-10(16)17/h8-9H,2-7,13H2,1H3,(H,14,18)(H,16,17). The van der Waals surface area contributed by atoms with Crippen molar-refractivity contribution in [3.63, 3.8) is 0 Å². The zero-order valence-corrected chi connectivity index (χ0v) is 12.3. The normalized spacial score (nSPS) is 19.7. The van der Waals surface area contributed by atoms with Gasteiger partial charge < -0.3 is 21.1 Å². The minimum Gasteiger partial charge on any atom is -0.480 e. The summed E-state index contributed by atoms with van der Waals surface area (Å²) in [5.41, 5.74) is 5.84. The molecule has 0 aromatic carbocycles. The van der Waals surface area contributed by atoms with Gasteiger partial charge in [0, 0.05) is 6.54 Å². The molecule has 1 heterocycles. The molecule has 1 saturated heterocycles. The molecule has 0 aliphatic carbocycles. The van der Waals surface area contributed by atoms with Gasteiger partial charge in [0.1, 0.15) is 12.6 Å². The molecule has 1 rings (SSSR count). The molecule has 1 fully saturated rings. The minimum atomic E-state index is -1.11. The largest absolute Gasteiger partial charge is 0.480 e. The molecular formula is C12H21N3O4S. The maximum atomic E-state index is 12.2. The Balaban J connectivity index is 2.57. The van der Waals surface area contributed by atoms with E-state index < -0.39 is 30.5 Å². The first-order valence-corrected chi connectivity index (χ1v) is 7.91. The van der Waals surface area contributed by atoms with Gasteiger partial charge in [-0.25, -0.2) is 0 Å². The van der Waals surface area contributed by atoms with Gasteiger partial charge in [-0.1, -0.05) is 0 Å². The van der Waals surface area contributed by atoms with E-state index in [4.69, 9.17) is 10.8 Å². The molecule has 1 aliphatic heterocycles. The second-order valence-electron chi connectivity index (χ2n) is 4.69. The number of aliphatic carboxylic acids is 1. The molecule has 2 unspecified atom stereocenters. The molecule has 2 atom stereocenters. The smallest absolute Gasteiger partial charge is 0.322 e. The lowest BCUT2D eigenvalue weighted by molar-refractivity contribution is -0.141. The molecule has 4 N–H and O–H groups in total. The highest BCUT2D eigenvalue weighted by atomic mass is 32.2. The number of carboxylic acids is 1. The van der Waals surface area contributed by atoms with Crippen molar-refractivity contribution in [2.75, 3.05) is 25.1 Å². The molecule has 7 nitrogen and oxygen atoms in total. The molecule has 0 spiro atoms. The van der Waals surface area contributed by atoms with Gasteiger partial charge in [0.25, 0.3) is 0 Å². The van der Waals surface area contributed by atoms with Crippen molar-refractivity contribution in [1.29, 1.82) is 0 Å². The highest BCUT2D eigenvalue weighted by Gasteiger charge is 2.35. The van der Waals surface area contributed by atoms with Gasteiger partial charge in [-0.15, -0.1) is 0 Å². The van der Waals surface area contributed by atoms with Gasteiger partial charge >= 0.3 is 5.97 Å². The van der Waals surface area contributed by atoms with Gasteiger partial charge in [-0.2, -0.15) is 11.8 Å². The van der Waals surface area contributed by atoms with Gasteiger partial charge in [0.2, 0.25) is 11.8 Å². The summed E-state index contributed by atoms with van der Waals surface area (Å²) in [7, 11) is 0. The SMILES string of the molecule is CSCCC(N)C(=O)N1CCCC1C(=O)NCC(=O)O. The predicted molar refractivity (Wildman–Crippen MR) is 76.4 cm³/mol. The fourth-order valence-electron chi connectivity index (χ4n) is 2.16. The number of nitrogens with one attached hydrogen (secondary N) is 1. The molecule has 8 heteroatoms. The summed E-state index contributed by atoms with van der Waals surface area (Å²) >= 11 is 1.61. The van der Waals surface area contributed by atoms with E-state index in [1.54, 1.807) is 11.8 Å². The third-order valence-electron chi connectivity index (χ3n) is 3.20. The number of hydrogen-bond donors (Lipinski definition) is 3. The van der Waals surface area contributed by atoms with Crippen molar-refractivity contribution in [3.05, 3.63) is 0 Å². The summed E-state index contributed by atoms with van der Waals surface area (Å²) in [6, 6.07) is -1.20. The van der Waals surface area contributed by atoms with Crippen LogP contribution in [0.2, 0.25) is 0 Å². The summed E-state index contributed by atoms with van der Waals surface area (Å²) in [4.78, 5) is 36.0. The molecule has 0 aromatic rings. The van der Waals surface area contributed by atoms with E-state index in [0.717, 1.165) is 12.2 Å². The summed E-state index contributed by atoms with van der Waals surface area (Å²) in [5.74, 6) is -0.968. The topological polar surface area (TPSA) is 113 Å². The molecule has 114 valence electrons. The third-order valence-corrected chi connectivity index (χ3v) is 3.85. The molecule has 0 bridgehead atoms. The molecule has 0 aromatic heterocycles. The Morgan fingerprint density at radius 2 is 2.20 bits per heavy atom. The van der Waals surface area contributed by atoms with E-state index in [0.29, 0.717) is 19.4 Å². The predicted octanol–water partition coefficient (Wildman–Crippen LogP) is -0.741. The van der Waals surface area contributed by atoms with E-state index in [9.17, 15) is 14.4 Å². The Morgan fingerprint density at radius 1 is 1.50 bits per heavy atom. The highest BCUT2D eigenvalue weighted by Crippen LogP contribution is 2.19. The Morgan fingerprint density at radius 3 is 2.80 bits per heavy atom. The number of nitrogens with two attached hydrogens (primary N) is 1. The number of likely N-dealkylation sites (tertiary alicyclic amines) is 1. The van der Waals surface area contributed by atoms with E-state index in [1.165, 1.54) is 4.90 Å². The van der Waals surface area contributed by atoms with Crippen LogP contribution < -0.4 is 11.1 Å². The Hall–Kier alpha value is -1.28. The van der Waals surface area contributed by atoms with Crippen LogP contribution in [0.4, 0.5) is 0 Å². The average molecular weight is 303 g/mol. The van der Waals surface area contributed by atoms with Crippen LogP contribution >= 0.6 is 11.8 Å². The lowest BCUT2D eigenvalue weighted by Crippen LogP contribution is -2.51. The van der Waals surface area contributed by atoms with E-state index in [2.05, 4.69) is 5.32 Å². The molecule has 2 amide bonds. The van der Waals surface area contributed by atoms with Crippen LogP contribution in [0, 0.1) is 0 Å². The van der Waals surface area contributed by atoms with Gasteiger partial charge in [0.15, 0.2) is 0 Å². The fourth-order valence-corrected chi connectivity index (χ4v) is 2.65. The number of thioether (sulfide) groups is 1. The van der Waals surface area contributed by atoms with E-state index >= 15 is 0 Å². The molecule has 0 saturated carbocycles. The van der Waals surface area contributed by atoms with Gasteiger partial charge in [0.05, 0.1) is 6.04 Å². The molecular weight excluding hydrogens is 282 g/mol. The number of carbonyl (C=O) groups is 3.